The molecule has 112 valence electrons. The van der Waals surface area contributed by atoms with Crippen LogP contribution in [-0.4, -0.2) is 0 Å². The third-order valence-electron chi connectivity index (χ3n) is 3.47. The lowest BCUT2D eigenvalue weighted by Crippen LogP contribution is -1.99. The molecule has 4 aromatic rings. The minimum Gasteiger partial charge on any atom is -0.456 e. The molecule has 0 saturated heterocycles. The molecule has 0 atom stereocenters. The molecule has 0 fully saturated rings. The summed E-state index contributed by atoms with van der Waals surface area (Å²) in [4.78, 5) is 47.3. The molecule has 2 heterocycles. The quantitative estimate of drug-likeness (QED) is 0.549. The van der Waals surface area contributed by atoms with Crippen LogP contribution in [0.1, 0.15) is 0 Å². The highest BCUT2D eigenvalue weighted by atomic mass is 16.5. The summed E-state index contributed by atoms with van der Waals surface area (Å²) >= 11 is 0. The fourth-order valence-electron chi connectivity index (χ4n) is 2.51. The Morgan fingerprint density at radius 1 is 0.696 bits per heavy atom. The first-order valence-electron chi connectivity index (χ1n) is 6.53. The maximum absolute atomic E-state index is 11.9. The third kappa shape index (κ3) is 1.83. The molecule has 0 aliphatic rings. The number of hydrogen-bond acceptors (Lipinski definition) is 7. The molecule has 7 nitrogen and oxygen atoms in total. The van der Waals surface area contributed by atoms with Crippen LogP contribution in [0.2, 0.25) is 0 Å². The van der Waals surface area contributed by atoms with Gasteiger partial charge in [0.15, 0.2) is 0 Å². The molecule has 0 amide bonds. The smallest absolute Gasteiger partial charge is 0.350 e. The van der Waals surface area contributed by atoms with Gasteiger partial charge in [-0.2, -0.15) is 0 Å². The predicted molar refractivity (Wildman–Crippen MR) is 80.0 cm³/mol. The van der Waals surface area contributed by atoms with Crippen molar-refractivity contribution in [1.29, 1.82) is 0 Å². The van der Waals surface area contributed by atoms with E-state index in [2.05, 4.69) is 8.83 Å². The Morgan fingerprint density at radius 2 is 1.30 bits per heavy atom. The average molecular weight is 310 g/mol. The maximum Gasteiger partial charge on any atom is 0.350 e. The number of furan rings is 2. The molecule has 0 spiro atoms. The number of hydrogen-bond donors (Lipinski definition) is 0. The molecule has 7 heteroatoms. The Labute approximate surface area is 125 Å². The van der Waals surface area contributed by atoms with E-state index in [1.807, 2.05) is 0 Å². The SMILES string of the molecule is O=c1oc(=O)c2c1cc(Oc1ccccc1)c1c(=O)oc(=O)c12. The van der Waals surface area contributed by atoms with Crippen molar-refractivity contribution in [3.63, 3.8) is 0 Å². The summed E-state index contributed by atoms with van der Waals surface area (Å²) in [5, 5.41) is -0.883. The molecule has 2 aromatic heterocycles. The number of fused-ring (bicyclic) bond motifs is 3. The number of ether oxygens (including phenoxy) is 1. The Balaban J connectivity index is 2.17. The summed E-state index contributed by atoms with van der Waals surface area (Å²) < 4.78 is 14.6. The molecule has 23 heavy (non-hydrogen) atoms. The van der Waals surface area contributed by atoms with Crippen LogP contribution < -0.4 is 27.2 Å². The predicted octanol–water partition coefficient (Wildman–Crippen LogP) is 1.29. The summed E-state index contributed by atoms with van der Waals surface area (Å²) in [5.74, 6) is 0.340. The lowest BCUT2D eigenvalue weighted by molar-refractivity contribution is 0.480. The Bertz CT molecular complexity index is 1250. The highest BCUT2D eigenvalue weighted by molar-refractivity contribution is 6.09. The Hall–Kier alpha value is -3.48. The monoisotopic (exact) mass is 310 g/mol. The van der Waals surface area contributed by atoms with Gasteiger partial charge >= 0.3 is 22.5 Å². The second kappa shape index (κ2) is 4.51. The van der Waals surface area contributed by atoms with Crippen LogP contribution in [0.25, 0.3) is 21.5 Å². The maximum atomic E-state index is 11.9. The summed E-state index contributed by atoms with van der Waals surface area (Å²) in [5.41, 5.74) is -3.84. The summed E-state index contributed by atoms with van der Waals surface area (Å²) in [6, 6.07) is 9.66. The zero-order chi connectivity index (χ0) is 16.1. The standard InChI is InChI=1S/C16H6O7/c17-13-8-6-9(21-7-4-2-1-3-5-7)11-12(10(8)14(18)22-13)16(20)23-15(11)19/h1-6H. The van der Waals surface area contributed by atoms with Crippen LogP contribution in [0.15, 0.2) is 64.4 Å². The fraction of sp³-hybridized carbons (Fsp3) is 0. The second-order valence-corrected chi connectivity index (χ2v) is 4.82. The van der Waals surface area contributed by atoms with Crippen molar-refractivity contribution in [1.82, 2.24) is 0 Å². The molecule has 0 radical (unpaired) electrons. The van der Waals surface area contributed by atoms with Crippen LogP contribution in [-0.2, 0) is 0 Å². The molecule has 0 unspecified atom stereocenters. The summed E-state index contributed by atoms with van der Waals surface area (Å²) in [6.07, 6.45) is 0. The first kappa shape index (κ1) is 13.2. The van der Waals surface area contributed by atoms with Crippen molar-refractivity contribution in [3.8, 4) is 11.5 Å². The number of para-hydroxylation sites is 1. The largest absolute Gasteiger partial charge is 0.456 e. The minimum atomic E-state index is -1.01. The van der Waals surface area contributed by atoms with Crippen molar-refractivity contribution >= 4 is 21.5 Å². The van der Waals surface area contributed by atoms with Gasteiger partial charge in [0.2, 0.25) is 0 Å². The van der Waals surface area contributed by atoms with E-state index in [1.54, 1.807) is 30.3 Å². The van der Waals surface area contributed by atoms with Gasteiger partial charge in [0.25, 0.3) is 0 Å². The van der Waals surface area contributed by atoms with Crippen molar-refractivity contribution in [3.05, 3.63) is 78.1 Å². The van der Waals surface area contributed by atoms with Gasteiger partial charge in [-0.15, -0.1) is 0 Å². The van der Waals surface area contributed by atoms with Gasteiger partial charge in [0.1, 0.15) is 16.9 Å². The van der Waals surface area contributed by atoms with E-state index in [9.17, 15) is 19.2 Å². The molecule has 0 saturated carbocycles. The topological polar surface area (TPSA) is 104 Å². The highest BCUT2D eigenvalue weighted by Crippen LogP contribution is 2.30. The van der Waals surface area contributed by atoms with E-state index in [0.29, 0.717) is 5.75 Å². The van der Waals surface area contributed by atoms with Gasteiger partial charge in [-0.3, -0.25) is 0 Å². The normalized spacial score (nSPS) is 11.3. The van der Waals surface area contributed by atoms with Gasteiger partial charge < -0.3 is 13.6 Å². The molecular formula is C16H6O7. The van der Waals surface area contributed by atoms with Gasteiger partial charge in [-0.1, -0.05) is 18.2 Å². The average Bonchev–Trinajstić information content (AvgIpc) is 2.97. The van der Waals surface area contributed by atoms with E-state index >= 15 is 0 Å². The first-order chi connectivity index (χ1) is 11.1. The van der Waals surface area contributed by atoms with Crippen LogP contribution in [0.4, 0.5) is 0 Å². The van der Waals surface area contributed by atoms with Crippen LogP contribution in [0.5, 0.6) is 11.5 Å². The van der Waals surface area contributed by atoms with Crippen LogP contribution in [0, 0.1) is 0 Å². The zero-order valence-corrected chi connectivity index (χ0v) is 11.3. The van der Waals surface area contributed by atoms with E-state index in [-0.39, 0.29) is 27.3 Å². The zero-order valence-electron chi connectivity index (χ0n) is 11.3. The number of benzene rings is 2. The van der Waals surface area contributed by atoms with E-state index < -0.39 is 22.5 Å². The van der Waals surface area contributed by atoms with Crippen molar-refractivity contribution in [2.45, 2.75) is 0 Å². The van der Waals surface area contributed by atoms with E-state index in [4.69, 9.17) is 4.74 Å². The van der Waals surface area contributed by atoms with Crippen LogP contribution >= 0.6 is 0 Å². The van der Waals surface area contributed by atoms with Crippen molar-refractivity contribution < 1.29 is 13.6 Å². The molecule has 0 bridgehead atoms. The molecule has 4 rings (SSSR count). The van der Waals surface area contributed by atoms with Crippen molar-refractivity contribution in [2.75, 3.05) is 0 Å². The summed E-state index contributed by atoms with van der Waals surface area (Å²) in [7, 11) is 0. The lowest BCUT2D eigenvalue weighted by Gasteiger charge is -2.05. The molecule has 0 N–H and O–H groups in total. The van der Waals surface area contributed by atoms with Gasteiger partial charge in [-0.25, -0.2) is 19.2 Å². The van der Waals surface area contributed by atoms with Gasteiger partial charge in [-0.05, 0) is 18.2 Å². The Kier molecular flexibility index (Phi) is 2.59. The Morgan fingerprint density at radius 3 is 2.04 bits per heavy atom. The third-order valence-corrected chi connectivity index (χ3v) is 3.47. The van der Waals surface area contributed by atoms with E-state index in [1.165, 1.54) is 6.07 Å². The molecule has 2 aromatic carbocycles. The van der Waals surface area contributed by atoms with Crippen molar-refractivity contribution in [2.24, 2.45) is 0 Å². The van der Waals surface area contributed by atoms with Gasteiger partial charge in [0, 0.05) is 0 Å². The van der Waals surface area contributed by atoms with Gasteiger partial charge in [0.05, 0.1) is 16.2 Å². The number of rotatable bonds is 2. The highest BCUT2D eigenvalue weighted by Gasteiger charge is 2.24. The van der Waals surface area contributed by atoms with E-state index in [0.717, 1.165) is 0 Å². The molecular weight excluding hydrogens is 304 g/mol. The van der Waals surface area contributed by atoms with Crippen LogP contribution in [0.3, 0.4) is 0 Å². The first-order valence-corrected chi connectivity index (χ1v) is 6.53. The minimum absolute atomic E-state index is 0.0487. The second-order valence-electron chi connectivity index (χ2n) is 4.82. The fourth-order valence-corrected chi connectivity index (χ4v) is 2.51. The molecule has 0 aliphatic carbocycles. The molecule has 0 aliphatic heterocycles. The lowest BCUT2D eigenvalue weighted by atomic mass is 10.1. The summed E-state index contributed by atoms with van der Waals surface area (Å²) in [6.45, 7) is 0.